The molecule has 5 heteroatoms. The van der Waals surface area contributed by atoms with Gasteiger partial charge >= 0.3 is 12.2 Å². The van der Waals surface area contributed by atoms with Crippen LogP contribution in [0.1, 0.15) is 11.6 Å². The monoisotopic (exact) mass is 203 g/mol. The molecule has 0 fully saturated rings. The maximum absolute atomic E-state index is 12.4. The van der Waals surface area contributed by atoms with Crippen molar-refractivity contribution in [2.45, 2.75) is 12.2 Å². The van der Waals surface area contributed by atoms with Crippen molar-refractivity contribution in [1.29, 1.82) is 0 Å². The van der Waals surface area contributed by atoms with E-state index in [1.165, 1.54) is 0 Å². The molecule has 0 aliphatic heterocycles. The van der Waals surface area contributed by atoms with E-state index in [0.29, 0.717) is 0 Å². The van der Waals surface area contributed by atoms with Crippen LogP contribution in [-0.4, -0.2) is 6.18 Å². The minimum atomic E-state index is -4.61. The van der Waals surface area contributed by atoms with Gasteiger partial charge in [-0.3, -0.25) is 4.85 Å². The Morgan fingerprint density at radius 3 is 2.00 bits per heavy atom. The number of halogens is 4. The molecule has 0 radical (unpaired) electrons. The van der Waals surface area contributed by atoms with Crippen LogP contribution in [0.15, 0.2) is 24.3 Å². The first-order valence-corrected chi connectivity index (χ1v) is 3.64. The first-order chi connectivity index (χ1) is 6.45. The molecular formula is C9H5F4N. The molecule has 1 nitrogen and oxygen atoms in total. The Bertz CT molecular complexity index is 347. The van der Waals surface area contributed by atoms with Crippen molar-refractivity contribution in [1.82, 2.24) is 0 Å². The zero-order chi connectivity index (χ0) is 10.8. The Hall–Kier alpha value is -1.57. The van der Waals surface area contributed by atoms with Crippen LogP contribution in [0.5, 0.6) is 0 Å². The van der Waals surface area contributed by atoms with Crippen LogP contribution < -0.4 is 0 Å². The summed E-state index contributed by atoms with van der Waals surface area (Å²) < 4.78 is 49.0. The van der Waals surface area contributed by atoms with Gasteiger partial charge in [0.1, 0.15) is 5.82 Å². The summed E-state index contributed by atoms with van der Waals surface area (Å²) in [5, 5.41) is 0. The van der Waals surface area contributed by atoms with E-state index < -0.39 is 18.0 Å². The Kier molecular flexibility index (Phi) is 2.75. The van der Waals surface area contributed by atoms with Gasteiger partial charge in [0.2, 0.25) is 0 Å². The zero-order valence-corrected chi connectivity index (χ0v) is 6.85. The maximum atomic E-state index is 12.4. The second-order valence-corrected chi connectivity index (χ2v) is 2.62. The van der Waals surface area contributed by atoms with Gasteiger partial charge in [-0.25, -0.2) is 11.0 Å². The number of hydrogen-bond acceptors (Lipinski definition) is 0. The Morgan fingerprint density at radius 2 is 1.64 bits per heavy atom. The fourth-order valence-electron chi connectivity index (χ4n) is 0.982. The largest absolute Gasteiger partial charge is 0.470 e. The van der Waals surface area contributed by atoms with E-state index in [0.717, 1.165) is 24.3 Å². The molecule has 0 bridgehead atoms. The molecule has 74 valence electrons. The summed E-state index contributed by atoms with van der Waals surface area (Å²) in [6.45, 7) is 6.42. The van der Waals surface area contributed by atoms with Crippen LogP contribution in [0.3, 0.4) is 0 Å². The number of hydrogen-bond donors (Lipinski definition) is 0. The lowest BCUT2D eigenvalue weighted by Crippen LogP contribution is -2.17. The van der Waals surface area contributed by atoms with Gasteiger partial charge in [-0.05, 0) is 24.3 Å². The minimum Gasteiger partial charge on any atom is -0.298 e. The van der Waals surface area contributed by atoms with Crippen molar-refractivity contribution in [2.24, 2.45) is 0 Å². The van der Waals surface area contributed by atoms with Crippen molar-refractivity contribution < 1.29 is 17.6 Å². The molecule has 1 aromatic rings. The lowest BCUT2D eigenvalue weighted by Gasteiger charge is -2.08. The smallest absolute Gasteiger partial charge is 0.298 e. The van der Waals surface area contributed by atoms with Gasteiger partial charge in [0.25, 0.3) is 0 Å². The summed E-state index contributed by atoms with van der Waals surface area (Å²) in [7, 11) is 0. The van der Waals surface area contributed by atoms with E-state index >= 15 is 0 Å². The molecule has 0 spiro atoms. The average molecular weight is 203 g/mol. The first-order valence-electron chi connectivity index (χ1n) is 3.64. The Morgan fingerprint density at radius 1 is 1.14 bits per heavy atom. The summed E-state index contributed by atoms with van der Waals surface area (Å²) in [6, 6.07) is 1.53. The van der Waals surface area contributed by atoms with Crippen molar-refractivity contribution in [3.63, 3.8) is 0 Å². The third-order valence-electron chi connectivity index (χ3n) is 1.62. The first kappa shape index (κ1) is 10.5. The van der Waals surface area contributed by atoms with Crippen molar-refractivity contribution in [2.75, 3.05) is 0 Å². The van der Waals surface area contributed by atoms with Crippen LogP contribution in [0.25, 0.3) is 4.85 Å². The highest BCUT2D eigenvalue weighted by atomic mass is 19.4. The van der Waals surface area contributed by atoms with Crippen LogP contribution >= 0.6 is 0 Å². The molecule has 0 amide bonds. The second kappa shape index (κ2) is 3.66. The molecule has 0 heterocycles. The summed E-state index contributed by atoms with van der Waals surface area (Å²) in [5.41, 5.74) is -0.242. The summed E-state index contributed by atoms with van der Waals surface area (Å²) in [4.78, 5) is 2.46. The SMILES string of the molecule is [C-]#[N+]C(c1ccc(F)cc1)C(F)(F)F. The molecule has 0 aliphatic carbocycles. The molecule has 0 aromatic heterocycles. The Labute approximate surface area is 77.8 Å². The average Bonchev–Trinajstić information content (AvgIpc) is 2.07. The number of nitrogens with zero attached hydrogens (tertiary/aromatic N) is 1. The van der Waals surface area contributed by atoms with Crippen LogP contribution in [0.4, 0.5) is 17.6 Å². The van der Waals surface area contributed by atoms with Gasteiger partial charge in [-0.1, -0.05) is 0 Å². The maximum Gasteiger partial charge on any atom is 0.470 e. The summed E-state index contributed by atoms with van der Waals surface area (Å²) in [5.74, 6) is -0.625. The van der Waals surface area contributed by atoms with Crippen molar-refractivity contribution in [3.8, 4) is 0 Å². The molecule has 1 aromatic carbocycles. The lowest BCUT2D eigenvalue weighted by molar-refractivity contribution is -0.140. The lowest BCUT2D eigenvalue weighted by atomic mass is 10.1. The zero-order valence-electron chi connectivity index (χ0n) is 6.85. The van der Waals surface area contributed by atoms with Gasteiger partial charge in [-0.2, -0.15) is 13.2 Å². The van der Waals surface area contributed by atoms with E-state index in [4.69, 9.17) is 6.57 Å². The van der Waals surface area contributed by atoms with Gasteiger partial charge in [0.15, 0.2) is 0 Å². The predicted molar refractivity (Wildman–Crippen MR) is 41.8 cm³/mol. The van der Waals surface area contributed by atoms with E-state index in [1.54, 1.807) is 0 Å². The minimum absolute atomic E-state index is 0.242. The Balaban J connectivity index is 3.04. The van der Waals surface area contributed by atoms with Crippen LogP contribution in [-0.2, 0) is 0 Å². The quantitative estimate of drug-likeness (QED) is 0.487. The summed E-state index contributed by atoms with van der Waals surface area (Å²) in [6.07, 6.45) is -4.61. The molecule has 0 aliphatic rings. The van der Waals surface area contributed by atoms with Crippen molar-refractivity contribution >= 4 is 0 Å². The number of benzene rings is 1. The van der Waals surface area contributed by atoms with Gasteiger partial charge < -0.3 is 0 Å². The van der Waals surface area contributed by atoms with Gasteiger partial charge in [0.05, 0.1) is 0 Å². The molecule has 1 atom stereocenters. The third-order valence-corrected chi connectivity index (χ3v) is 1.62. The molecule has 0 saturated carbocycles. The highest BCUT2D eigenvalue weighted by Gasteiger charge is 2.46. The normalized spacial score (nSPS) is 13.4. The third kappa shape index (κ3) is 2.22. The topological polar surface area (TPSA) is 4.36 Å². The highest BCUT2D eigenvalue weighted by Crippen LogP contribution is 2.35. The number of alkyl halides is 3. The predicted octanol–water partition coefficient (Wildman–Crippen LogP) is 3.35. The molecule has 1 unspecified atom stereocenters. The molecule has 0 saturated heterocycles. The highest BCUT2D eigenvalue weighted by molar-refractivity contribution is 5.23. The summed E-state index contributed by atoms with van der Waals surface area (Å²) >= 11 is 0. The fourth-order valence-corrected chi connectivity index (χ4v) is 0.982. The molecule has 1 rings (SSSR count). The van der Waals surface area contributed by atoms with E-state index in [2.05, 4.69) is 4.85 Å². The van der Waals surface area contributed by atoms with E-state index in [-0.39, 0.29) is 5.56 Å². The standard InChI is InChI=1S/C9H5F4N/c1-14-8(9(11,12)13)6-2-4-7(10)5-3-6/h2-5,8H. The molecular weight excluding hydrogens is 198 g/mol. The van der Waals surface area contributed by atoms with Crippen LogP contribution in [0, 0.1) is 12.4 Å². The van der Waals surface area contributed by atoms with E-state index in [1.807, 2.05) is 0 Å². The van der Waals surface area contributed by atoms with Crippen LogP contribution in [0.2, 0.25) is 0 Å². The van der Waals surface area contributed by atoms with Gasteiger partial charge in [0, 0.05) is 5.56 Å². The molecule has 14 heavy (non-hydrogen) atoms. The van der Waals surface area contributed by atoms with Crippen molar-refractivity contribution in [3.05, 3.63) is 47.1 Å². The second-order valence-electron chi connectivity index (χ2n) is 2.62. The number of rotatable bonds is 1. The van der Waals surface area contributed by atoms with E-state index in [9.17, 15) is 17.6 Å². The molecule has 0 N–H and O–H groups in total. The van der Waals surface area contributed by atoms with Gasteiger partial charge in [-0.15, -0.1) is 0 Å². The fraction of sp³-hybridized carbons (Fsp3) is 0.222.